The fraction of sp³-hybridized carbons (Fsp3) is 0.278. The standard InChI is InChI=1S/C18H20N8O2/c1-11(26-10-22-14-15(19)20-9-21-16(14)26)17(27)24-18-23-12-5-3-4-6-13(12)25(18)7-8-28-2/h3-6,9-11H,7-8H2,1-2H3,(H2,19,20,21)(H,23,24,27). The Morgan fingerprint density at radius 3 is 2.93 bits per heavy atom. The van der Waals surface area contributed by atoms with Gasteiger partial charge in [-0.15, -0.1) is 0 Å². The van der Waals surface area contributed by atoms with Gasteiger partial charge < -0.3 is 19.6 Å². The molecule has 0 spiro atoms. The normalized spacial score (nSPS) is 12.5. The number of nitrogen functional groups attached to an aromatic ring is 1. The Morgan fingerprint density at radius 2 is 2.11 bits per heavy atom. The molecular weight excluding hydrogens is 360 g/mol. The van der Waals surface area contributed by atoms with Gasteiger partial charge in [-0.05, 0) is 19.1 Å². The number of carbonyl (C=O) groups excluding carboxylic acids is 1. The monoisotopic (exact) mass is 380 g/mol. The number of fused-ring (bicyclic) bond motifs is 2. The van der Waals surface area contributed by atoms with Gasteiger partial charge in [0.2, 0.25) is 11.9 Å². The number of benzene rings is 1. The predicted molar refractivity (Wildman–Crippen MR) is 105 cm³/mol. The van der Waals surface area contributed by atoms with Crippen molar-refractivity contribution in [2.45, 2.75) is 19.5 Å². The van der Waals surface area contributed by atoms with E-state index in [-0.39, 0.29) is 11.7 Å². The van der Waals surface area contributed by atoms with Gasteiger partial charge in [0.1, 0.15) is 17.9 Å². The molecule has 1 amide bonds. The number of imidazole rings is 2. The highest BCUT2D eigenvalue weighted by atomic mass is 16.5. The number of para-hydroxylation sites is 2. The van der Waals surface area contributed by atoms with Gasteiger partial charge >= 0.3 is 0 Å². The maximum absolute atomic E-state index is 12.9. The molecular formula is C18H20N8O2. The summed E-state index contributed by atoms with van der Waals surface area (Å²) < 4.78 is 8.77. The number of anilines is 2. The number of nitrogens with one attached hydrogen (secondary N) is 1. The van der Waals surface area contributed by atoms with Crippen molar-refractivity contribution in [1.29, 1.82) is 0 Å². The molecule has 144 valence electrons. The lowest BCUT2D eigenvalue weighted by atomic mass is 10.3. The van der Waals surface area contributed by atoms with Crippen LogP contribution in [-0.4, -0.2) is 48.7 Å². The van der Waals surface area contributed by atoms with Crippen LogP contribution >= 0.6 is 0 Å². The Hall–Kier alpha value is -3.53. The van der Waals surface area contributed by atoms with Crippen molar-refractivity contribution < 1.29 is 9.53 Å². The van der Waals surface area contributed by atoms with Crippen molar-refractivity contribution >= 4 is 39.9 Å². The Bertz CT molecular complexity index is 1150. The molecule has 10 heteroatoms. The molecule has 3 N–H and O–H groups in total. The molecule has 0 aliphatic heterocycles. The van der Waals surface area contributed by atoms with E-state index in [2.05, 4.69) is 25.3 Å². The molecule has 0 saturated heterocycles. The molecule has 28 heavy (non-hydrogen) atoms. The summed E-state index contributed by atoms with van der Waals surface area (Å²) in [6, 6.07) is 7.13. The number of hydrogen-bond acceptors (Lipinski definition) is 7. The summed E-state index contributed by atoms with van der Waals surface area (Å²) in [5, 5.41) is 2.91. The number of amides is 1. The second-order valence-electron chi connectivity index (χ2n) is 6.32. The van der Waals surface area contributed by atoms with Crippen molar-refractivity contribution in [2.24, 2.45) is 0 Å². The van der Waals surface area contributed by atoms with Gasteiger partial charge in [-0.3, -0.25) is 10.1 Å². The van der Waals surface area contributed by atoms with Gasteiger partial charge in [0, 0.05) is 13.7 Å². The summed E-state index contributed by atoms with van der Waals surface area (Å²) in [5.41, 5.74) is 8.52. The minimum atomic E-state index is -0.574. The van der Waals surface area contributed by atoms with Gasteiger partial charge in [0.15, 0.2) is 11.5 Å². The first-order valence-corrected chi connectivity index (χ1v) is 8.78. The van der Waals surface area contributed by atoms with Crippen molar-refractivity contribution in [3.63, 3.8) is 0 Å². The van der Waals surface area contributed by atoms with Crippen LogP contribution in [0.25, 0.3) is 22.2 Å². The maximum atomic E-state index is 12.9. The van der Waals surface area contributed by atoms with E-state index in [1.165, 1.54) is 12.7 Å². The fourth-order valence-corrected chi connectivity index (χ4v) is 3.07. The van der Waals surface area contributed by atoms with Gasteiger partial charge in [0.05, 0.1) is 24.0 Å². The van der Waals surface area contributed by atoms with Gasteiger partial charge in [-0.25, -0.2) is 19.9 Å². The second-order valence-corrected chi connectivity index (χ2v) is 6.32. The average Bonchev–Trinajstić information content (AvgIpc) is 3.28. The first kappa shape index (κ1) is 17.9. The number of rotatable bonds is 6. The first-order valence-electron chi connectivity index (χ1n) is 8.78. The predicted octanol–water partition coefficient (Wildman–Crippen LogP) is 1.60. The highest BCUT2D eigenvalue weighted by Crippen LogP contribution is 2.22. The lowest BCUT2D eigenvalue weighted by Crippen LogP contribution is -2.25. The van der Waals surface area contributed by atoms with Crippen LogP contribution in [0.3, 0.4) is 0 Å². The van der Waals surface area contributed by atoms with E-state index in [9.17, 15) is 4.79 Å². The highest BCUT2D eigenvalue weighted by Gasteiger charge is 2.21. The van der Waals surface area contributed by atoms with Crippen molar-refractivity contribution in [1.82, 2.24) is 29.1 Å². The van der Waals surface area contributed by atoms with E-state index < -0.39 is 6.04 Å². The van der Waals surface area contributed by atoms with Crippen LogP contribution in [0.15, 0.2) is 36.9 Å². The first-order chi connectivity index (χ1) is 13.6. The van der Waals surface area contributed by atoms with Crippen LogP contribution < -0.4 is 11.1 Å². The summed E-state index contributed by atoms with van der Waals surface area (Å²) >= 11 is 0. The average molecular weight is 380 g/mol. The topological polar surface area (TPSA) is 126 Å². The fourth-order valence-electron chi connectivity index (χ4n) is 3.07. The largest absolute Gasteiger partial charge is 0.383 e. The Labute approximate surface area is 160 Å². The molecule has 0 bridgehead atoms. The quantitative estimate of drug-likeness (QED) is 0.520. The molecule has 3 aromatic heterocycles. The van der Waals surface area contributed by atoms with E-state index >= 15 is 0 Å². The van der Waals surface area contributed by atoms with Crippen LogP contribution in [0.1, 0.15) is 13.0 Å². The Balaban J connectivity index is 1.65. The summed E-state index contributed by atoms with van der Waals surface area (Å²) in [7, 11) is 1.64. The van der Waals surface area contributed by atoms with Crippen LogP contribution in [-0.2, 0) is 16.1 Å². The van der Waals surface area contributed by atoms with E-state index in [0.29, 0.717) is 30.3 Å². The van der Waals surface area contributed by atoms with Crippen LogP contribution in [0.5, 0.6) is 0 Å². The zero-order valence-electron chi connectivity index (χ0n) is 15.5. The zero-order chi connectivity index (χ0) is 19.7. The molecule has 4 aromatic rings. The molecule has 0 fully saturated rings. The molecule has 1 atom stereocenters. The van der Waals surface area contributed by atoms with E-state index in [1.807, 2.05) is 28.8 Å². The molecule has 0 radical (unpaired) electrons. The number of methoxy groups -OCH3 is 1. The number of carbonyl (C=O) groups is 1. The van der Waals surface area contributed by atoms with E-state index in [4.69, 9.17) is 10.5 Å². The number of ether oxygens (including phenoxy) is 1. The second kappa shape index (κ2) is 7.24. The number of aromatic nitrogens is 6. The summed E-state index contributed by atoms with van der Waals surface area (Å²) in [5.74, 6) is 0.497. The smallest absolute Gasteiger partial charge is 0.249 e. The lowest BCUT2D eigenvalue weighted by Gasteiger charge is -2.15. The zero-order valence-corrected chi connectivity index (χ0v) is 15.5. The number of hydrogen-bond donors (Lipinski definition) is 2. The SMILES string of the molecule is COCCn1c(NC(=O)C(C)n2cnc3c(N)ncnc32)nc2ccccc21. The molecule has 1 unspecified atom stereocenters. The van der Waals surface area contributed by atoms with Crippen LogP contribution in [0.2, 0.25) is 0 Å². The minimum absolute atomic E-state index is 0.245. The van der Waals surface area contributed by atoms with Gasteiger partial charge in [-0.2, -0.15) is 0 Å². The molecule has 3 heterocycles. The summed E-state index contributed by atoms with van der Waals surface area (Å²) in [6.45, 7) is 2.83. The number of nitrogens with zero attached hydrogens (tertiary/aromatic N) is 6. The van der Waals surface area contributed by atoms with Crippen molar-refractivity contribution in [2.75, 3.05) is 24.8 Å². The van der Waals surface area contributed by atoms with Gasteiger partial charge in [-0.1, -0.05) is 12.1 Å². The van der Waals surface area contributed by atoms with E-state index in [1.54, 1.807) is 18.6 Å². The Kier molecular flexibility index (Phi) is 4.62. The van der Waals surface area contributed by atoms with E-state index in [0.717, 1.165) is 11.0 Å². The molecule has 1 aromatic carbocycles. The number of nitrogens with two attached hydrogens (primary N) is 1. The highest BCUT2D eigenvalue weighted by molar-refractivity contribution is 5.95. The van der Waals surface area contributed by atoms with Crippen LogP contribution in [0, 0.1) is 0 Å². The molecule has 0 saturated carbocycles. The lowest BCUT2D eigenvalue weighted by molar-refractivity contribution is -0.118. The van der Waals surface area contributed by atoms with Gasteiger partial charge in [0.25, 0.3) is 0 Å². The third kappa shape index (κ3) is 3.03. The third-order valence-electron chi connectivity index (χ3n) is 4.59. The third-order valence-corrected chi connectivity index (χ3v) is 4.59. The molecule has 10 nitrogen and oxygen atoms in total. The molecule has 0 aliphatic carbocycles. The van der Waals surface area contributed by atoms with Crippen molar-refractivity contribution in [3.8, 4) is 0 Å². The van der Waals surface area contributed by atoms with Crippen molar-refractivity contribution in [3.05, 3.63) is 36.9 Å². The Morgan fingerprint density at radius 1 is 1.29 bits per heavy atom. The minimum Gasteiger partial charge on any atom is -0.383 e. The maximum Gasteiger partial charge on any atom is 0.249 e. The molecule has 4 rings (SSSR count). The summed E-state index contributed by atoms with van der Waals surface area (Å²) in [4.78, 5) is 29.8. The molecule has 0 aliphatic rings. The van der Waals surface area contributed by atoms with Crippen LogP contribution in [0.4, 0.5) is 11.8 Å². The summed E-state index contributed by atoms with van der Waals surface area (Å²) in [6.07, 6.45) is 2.89.